The maximum absolute atomic E-state index is 4.52. The molecule has 1 aromatic heterocycles. The molecule has 0 atom stereocenters. The Hall–Kier alpha value is -1.03. The van der Waals surface area contributed by atoms with E-state index in [2.05, 4.69) is 34.9 Å². The van der Waals surface area contributed by atoms with E-state index in [1.54, 1.807) is 11.3 Å². The van der Waals surface area contributed by atoms with Crippen molar-refractivity contribution < 1.29 is 0 Å². The Morgan fingerprint density at radius 3 is 2.54 bits per heavy atom. The Morgan fingerprint density at radius 2 is 2.00 bits per heavy atom. The molecule has 0 spiro atoms. The molecule has 0 aliphatic carbocycles. The van der Waals surface area contributed by atoms with Gasteiger partial charge in [0.2, 0.25) is 0 Å². The van der Waals surface area contributed by atoms with Gasteiger partial charge in [-0.15, -0.1) is 11.3 Å². The molecule has 0 saturated carbocycles. The molecule has 13 heavy (non-hydrogen) atoms. The van der Waals surface area contributed by atoms with Crippen molar-refractivity contribution in [2.75, 3.05) is 13.1 Å². The molecule has 4 heteroatoms. The Bertz CT molecular complexity index is 313. The summed E-state index contributed by atoms with van der Waals surface area (Å²) in [5.41, 5.74) is 2.37. The van der Waals surface area contributed by atoms with Gasteiger partial charge in [0.15, 0.2) is 5.96 Å². The monoisotopic (exact) mass is 195 g/mol. The normalized spacial score (nSPS) is 15.4. The molecule has 2 N–H and O–H groups in total. The van der Waals surface area contributed by atoms with Crippen LogP contribution >= 0.6 is 11.3 Å². The van der Waals surface area contributed by atoms with Crippen molar-refractivity contribution in [1.82, 2.24) is 10.6 Å². The van der Waals surface area contributed by atoms with E-state index in [4.69, 9.17) is 0 Å². The third kappa shape index (κ3) is 1.67. The van der Waals surface area contributed by atoms with Crippen molar-refractivity contribution in [3.8, 4) is 0 Å². The molecule has 0 bridgehead atoms. The van der Waals surface area contributed by atoms with Gasteiger partial charge in [0.1, 0.15) is 0 Å². The Kier molecular flexibility index (Phi) is 2.22. The van der Waals surface area contributed by atoms with E-state index in [1.165, 1.54) is 10.4 Å². The molecule has 2 rings (SSSR count). The number of hydrogen-bond donors (Lipinski definition) is 2. The summed E-state index contributed by atoms with van der Waals surface area (Å²) in [6.07, 6.45) is 0. The molecule has 0 amide bonds. The van der Waals surface area contributed by atoms with Gasteiger partial charge in [0.05, 0.1) is 5.69 Å². The standard InChI is InChI=1S/C9H13N3S/c1-6-5-13-7(2)8(6)12-9-10-3-4-11-9/h5H,3-4H2,1-2H3,(H2,10,11,12). The molecule has 2 heterocycles. The highest BCUT2D eigenvalue weighted by Gasteiger charge is 2.08. The van der Waals surface area contributed by atoms with Crippen LogP contribution < -0.4 is 10.6 Å². The summed E-state index contributed by atoms with van der Waals surface area (Å²) in [7, 11) is 0. The predicted octanol–water partition coefficient (Wildman–Crippen LogP) is 1.55. The van der Waals surface area contributed by atoms with Crippen LogP contribution in [0.4, 0.5) is 5.69 Å². The van der Waals surface area contributed by atoms with Gasteiger partial charge in [-0.2, -0.15) is 0 Å². The van der Waals surface area contributed by atoms with Crippen LogP contribution in [0.3, 0.4) is 0 Å². The second-order valence-corrected chi connectivity index (χ2v) is 4.22. The maximum Gasteiger partial charge on any atom is 0.196 e. The lowest BCUT2D eigenvalue weighted by Gasteiger charge is -1.99. The maximum atomic E-state index is 4.52. The molecule has 1 aliphatic rings. The van der Waals surface area contributed by atoms with Crippen molar-refractivity contribution >= 4 is 23.0 Å². The highest BCUT2D eigenvalue weighted by atomic mass is 32.1. The summed E-state index contributed by atoms with van der Waals surface area (Å²) >= 11 is 1.75. The van der Waals surface area contributed by atoms with Gasteiger partial charge >= 0.3 is 0 Å². The Balaban J connectivity index is 2.29. The quantitative estimate of drug-likeness (QED) is 0.713. The smallest absolute Gasteiger partial charge is 0.196 e. The molecule has 1 aromatic rings. The van der Waals surface area contributed by atoms with Crippen LogP contribution in [0, 0.1) is 13.8 Å². The van der Waals surface area contributed by atoms with Crippen LogP contribution in [-0.2, 0) is 0 Å². The van der Waals surface area contributed by atoms with Crippen molar-refractivity contribution in [2.45, 2.75) is 13.8 Å². The first-order valence-electron chi connectivity index (χ1n) is 4.38. The number of thiophene rings is 1. The summed E-state index contributed by atoms with van der Waals surface area (Å²) in [4.78, 5) is 5.80. The van der Waals surface area contributed by atoms with Crippen molar-refractivity contribution in [1.29, 1.82) is 0 Å². The SMILES string of the molecule is Cc1csc(C)c1N=C1NCCN1. The topological polar surface area (TPSA) is 36.4 Å². The molecule has 1 aliphatic heterocycles. The van der Waals surface area contributed by atoms with Crippen LogP contribution in [0.2, 0.25) is 0 Å². The molecule has 0 unspecified atom stereocenters. The van der Waals surface area contributed by atoms with Gasteiger partial charge in [-0.05, 0) is 24.8 Å². The van der Waals surface area contributed by atoms with E-state index in [1.807, 2.05) is 0 Å². The largest absolute Gasteiger partial charge is 0.354 e. The molecule has 0 aromatic carbocycles. The lowest BCUT2D eigenvalue weighted by atomic mass is 10.3. The van der Waals surface area contributed by atoms with Crippen LogP contribution in [0.1, 0.15) is 10.4 Å². The fraction of sp³-hybridized carbons (Fsp3) is 0.444. The zero-order valence-corrected chi connectivity index (χ0v) is 8.66. The van der Waals surface area contributed by atoms with Crippen molar-refractivity contribution in [2.24, 2.45) is 4.99 Å². The van der Waals surface area contributed by atoms with E-state index in [9.17, 15) is 0 Å². The molecular formula is C9H13N3S. The number of nitrogens with zero attached hydrogens (tertiary/aromatic N) is 1. The van der Waals surface area contributed by atoms with Gasteiger partial charge in [0.25, 0.3) is 0 Å². The van der Waals surface area contributed by atoms with Gasteiger partial charge in [-0.3, -0.25) is 0 Å². The van der Waals surface area contributed by atoms with Gasteiger partial charge < -0.3 is 10.6 Å². The fourth-order valence-electron chi connectivity index (χ4n) is 1.35. The minimum absolute atomic E-state index is 0.907. The molecule has 1 saturated heterocycles. The number of guanidine groups is 1. The first-order valence-corrected chi connectivity index (χ1v) is 5.26. The predicted molar refractivity (Wildman–Crippen MR) is 56.9 cm³/mol. The minimum atomic E-state index is 0.907. The summed E-state index contributed by atoms with van der Waals surface area (Å²) in [5, 5.41) is 8.53. The summed E-state index contributed by atoms with van der Waals surface area (Å²) in [6, 6.07) is 0. The summed E-state index contributed by atoms with van der Waals surface area (Å²) in [6.45, 7) is 6.14. The Labute approximate surface area is 81.9 Å². The fourth-order valence-corrected chi connectivity index (χ4v) is 2.13. The zero-order valence-electron chi connectivity index (χ0n) is 7.85. The number of aryl methyl sites for hydroxylation is 2. The number of aliphatic imine (C=N–C) groups is 1. The van der Waals surface area contributed by atoms with Crippen molar-refractivity contribution in [3.63, 3.8) is 0 Å². The van der Waals surface area contributed by atoms with Crippen LogP contribution in [0.25, 0.3) is 0 Å². The molecule has 1 fully saturated rings. The third-order valence-electron chi connectivity index (χ3n) is 2.05. The van der Waals surface area contributed by atoms with E-state index >= 15 is 0 Å². The first-order chi connectivity index (χ1) is 6.27. The number of nitrogens with one attached hydrogen (secondary N) is 2. The highest BCUT2D eigenvalue weighted by molar-refractivity contribution is 7.10. The molecule has 3 nitrogen and oxygen atoms in total. The first kappa shape index (κ1) is 8.56. The lowest BCUT2D eigenvalue weighted by Crippen LogP contribution is -2.23. The lowest BCUT2D eigenvalue weighted by molar-refractivity contribution is 0.942. The van der Waals surface area contributed by atoms with Gasteiger partial charge in [-0.1, -0.05) is 0 Å². The highest BCUT2D eigenvalue weighted by Crippen LogP contribution is 2.29. The van der Waals surface area contributed by atoms with Gasteiger partial charge in [-0.25, -0.2) is 4.99 Å². The van der Waals surface area contributed by atoms with E-state index in [0.29, 0.717) is 0 Å². The van der Waals surface area contributed by atoms with E-state index in [-0.39, 0.29) is 0 Å². The van der Waals surface area contributed by atoms with Crippen LogP contribution in [0.5, 0.6) is 0 Å². The summed E-state index contributed by atoms with van der Waals surface area (Å²) < 4.78 is 0. The second kappa shape index (κ2) is 3.38. The van der Waals surface area contributed by atoms with Crippen LogP contribution in [0.15, 0.2) is 10.4 Å². The molecular weight excluding hydrogens is 182 g/mol. The third-order valence-corrected chi connectivity index (χ3v) is 3.07. The van der Waals surface area contributed by atoms with E-state index < -0.39 is 0 Å². The van der Waals surface area contributed by atoms with Crippen LogP contribution in [-0.4, -0.2) is 19.0 Å². The average molecular weight is 195 g/mol. The van der Waals surface area contributed by atoms with Crippen molar-refractivity contribution in [3.05, 3.63) is 15.8 Å². The molecule has 0 radical (unpaired) electrons. The second-order valence-electron chi connectivity index (χ2n) is 3.14. The Morgan fingerprint density at radius 1 is 1.31 bits per heavy atom. The summed E-state index contributed by atoms with van der Waals surface area (Å²) in [5.74, 6) is 0.907. The number of rotatable bonds is 1. The zero-order chi connectivity index (χ0) is 9.26. The van der Waals surface area contributed by atoms with E-state index in [0.717, 1.165) is 24.7 Å². The number of hydrogen-bond acceptors (Lipinski definition) is 2. The minimum Gasteiger partial charge on any atom is -0.354 e. The molecule has 70 valence electrons. The van der Waals surface area contributed by atoms with Gasteiger partial charge in [0, 0.05) is 18.0 Å². The average Bonchev–Trinajstić information content (AvgIpc) is 2.70.